The number of sulfonamides is 1. The molecule has 0 saturated carbocycles. The first-order valence-electron chi connectivity index (χ1n) is 6.14. The van der Waals surface area contributed by atoms with Crippen LogP contribution in [0.15, 0.2) is 47.8 Å². The van der Waals surface area contributed by atoms with Gasteiger partial charge in [-0.25, -0.2) is 17.9 Å². The van der Waals surface area contributed by atoms with Gasteiger partial charge in [-0.2, -0.15) is 18.2 Å². The van der Waals surface area contributed by atoms with E-state index in [2.05, 4.69) is 15.1 Å². The van der Waals surface area contributed by atoms with Crippen LogP contribution >= 0.6 is 0 Å². The Morgan fingerprint density at radius 2 is 1.74 bits per heavy atom. The molecule has 11 heteroatoms. The van der Waals surface area contributed by atoms with Gasteiger partial charge < -0.3 is 0 Å². The second-order valence-corrected chi connectivity index (χ2v) is 6.00. The van der Waals surface area contributed by atoms with Crippen molar-refractivity contribution in [1.29, 1.82) is 0 Å². The molecule has 0 bridgehead atoms. The fourth-order valence-electron chi connectivity index (χ4n) is 1.84. The highest BCUT2D eigenvalue weighted by atomic mass is 32.2. The molecule has 2 heterocycles. The second kappa shape index (κ2) is 5.28. The smallest absolute Gasteiger partial charge is 0.211 e. The Morgan fingerprint density at radius 3 is 2.39 bits per heavy atom. The molecule has 0 aliphatic rings. The Kier molecular flexibility index (Phi) is 3.53. The van der Waals surface area contributed by atoms with Crippen LogP contribution < -0.4 is 4.72 Å². The fraction of sp³-hybridized carbons (Fsp3) is 0.0833. The lowest BCUT2D eigenvalue weighted by Gasteiger charge is -2.05. The van der Waals surface area contributed by atoms with Crippen LogP contribution in [0.25, 0.3) is 17.0 Å². The van der Waals surface area contributed by atoms with Crippen molar-refractivity contribution in [2.45, 2.75) is 11.5 Å². The van der Waals surface area contributed by atoms with Gasteiger partial charge in [0, 0.05) is 11.8 Å². The van der Waals surface area contributed by atoms with Crippen molar-refractivity contribution in [3.8, 4) is 11.3 Å². The summed E-state index contributed by atoms with van der Waals surface area (Å²) in [6, 6.07) is 10.5. The van der Waals surface area contributed by atoms with Crippen LogP contribution in [0.5, 0.6) is 0 Å². The lowest BCUT2D eigenvalue weighted by atomic mass is 10.1. The largest absolute Gasteiger partial charge is 0.470 e. The molecular formula is C12H8F3N5O2S. The van der Waals surface area contributed by atoms with Gasteiger partial charge in [-0.05, 0) is 6.07 Å². The Morgan fingerprint density at radius 1 is 1.04 bits per heavy atom. The summed E-state index contributed by atoms with van der Waals surface area (Å²) in [6.07, 6.45) is -3.75. The van der Waals surface area contributed by atoms with Crippen molar-refractivity contribution in [2.24, 2.45) is 0 Å². The van der Waals surface area contributed by atoms with E-state index in [1.165, 1.54) is 6.20 Å². The van der Waals surface area contributed by atoms with E-state index in [0.29, 0.717) is 10.4 Å². The fourth-order valence-corrected chi connectivity index (χ4v) is 2.63. The number of alkyl halides is 3. The molecular weight excluding hydrogens is 335 g/mol. The van der Waals surface area contributed by atoms with Gasteiger partial charge in [-0.15, -0.1) is 9.82 Å². The van der Waals surface area contributed by atoms with Gasteiger partial charge >= 0.3 is 6.30 Å². The van der Waals surface area contributed by atoms with E-state index >= 15 is 0 Å². The number of fused-ring (bicyclic) bond motifs is 1. The van der Waals surface area contributed by atoms with Gasteiger partial charge in [0.25, 0.3) is 21.0 Å². The maximum absolute atomic E-state index is 12.2. The number of halogens is 3. The van der Waals surface area contributed by atoms with Crippen LogP contribution in [-0.4, -0.2) is 34.3 Å². The van der Waals surface area contributed by atoms with Crippen molar-refractivity contribution in [2.75, 3.05) is 0 Å². The summed E-state index contributed by atoms with van der Waals surface area (Å²) in [5, 5.41) is 2.49. The first-order chi connectivity index (χ1) is 10.7. The number of hydrogen-bond donors (Lipinski definition) is 1. The molecule has 0 aliphatic carbocycles. The average Bonchev–Trinajstić information content (AvgIpc) is 2.89. The molecule has 23 heavy (non-hydrogen) atoms. The normalized spacial score (nSPS) is 12.7. The van der Waals surface area contributed by atoms with Crippen LogP contribution in [0.1, 0.15) is 0 Å². The van der Waals surface area contributed by atoms with E-state index in [4.69, 9.17) is 0 Å². The minimum Gasteiger partial charge on any atom is -0.211 e. The maximum Gasteiger partial charge on any atom is 0.470 e. The molecule has 3 rings (SSSR count). The molecule has 1 aromatic carbocycles. The first kappa shape index (κ1) is 15.4. The summed E-state index contributed by atoms with van der Waals surface area (Å²) in [4.78, 5) is 7.64. The van der Waals surface area contributed by atoms with Crippen LogP contribution in [0.4, 0.5) is 13.2 Å². The number of benzene rings is 1. The second-order valence-electron chi connectivity index (χ2n) is 4.42. The van der Waals surface area contributed by atoms with E-state index in [1.807, 2.05) is 6.07 Å². The summed E-state index contributed by atoms with van der Waals surface area (Å²) in [5.74, 6) is -0.131. The Hall–Kier alpha value is -2.53. The average molecular weight is 343 g/mol. The van der Waals surface area contributed by atoms with Crippen molar-refractivity contribution in [1.82, 2.24) is 24.3 Å². The van der Waals surface area contributed by atoms with E-state index in [-0.39, 0.29) is 5.78 Å². The van der Waals surface area contributed by atoms with Crippen molar-refractivity contribution < 1.29 is 21.6 Å². The van der Waals surface area contributed by atoms with Crippen LogP contribution in [0.3, 0.4) is 0 Å². The standard InChI is InChI=1S/C12H8F3N5O2S/c13-12(14,15)19-23(21,22)11-17-10-16-9(6-7-20(10)18-11)8-4-2-1-3-5-8/h1-7,19H. The van der Waals surface area contributed by atoms with Crippen molar-refractivity contribution in [3.05, 3.63) is 42.6 Å². The summed E-state index contributed by atoms with van der Waals surface area (Å²) in [5.41, 5.74) is 1.23. The number of hydrogen-bond acceptors (Lipinski definition) is 5. The Labute approximate surface area is 127 Å². The quantitative estimate of drug-likeness (QED) is 0.730. The predicted octanol–water partition coefficient (Wildman–Crippen LogP) is 1.59. The third kappa shape index (κ3) is 3.29. The van der Waals surface area contributed by atoms with Gasteiger partial charge in [0.1, 0.15) is 0 Å². The van der Waals surface area contributed by atoms with E-state index in [0.717, 1.165) is 10.1 Å². The molecule has 2 aromatic heterocycles. The first-order valence-corrected chi connectivity index (χ1v) is 7.62. The highest BCUT2D eigenvalue weighted by Gasteiger charge is 2.37. The van der Waals surface area contributed by atoms with Gasteiger partial charge in [-0.3, -0.25) is 0 Å². The summed E-state index contributed by atoms with van der Waals surface area (Å²) < 4.78 is 61.3. The zero-order valence-corrected chi connectivity index (χ0v) is 12.0. The number of nitrogens with zero attached hydrogens (tertiary/aromatic N) is 4. The van der Waals surface area contributed by atoms with Crippen LogP contribution in [0.2, 0.25) is 0 Å². The Bertz CT molecular complexity index is 954. The summed E-state index contributed by atoms with van der Waals surface area (Å²) in [6.45, 7) is 0. The highest BCUT2D eigenvalue weighted by molar-refractivity contribution is 7.89. The maximum atomic E-state index is 12.2. The van der Waals surface area contributed by atoms with Crippen molar-refractivity contribution in [3.63, 3.8) is 0 Å². The van der Waals surface area contributed by atoms with Gasteiger partial charge in [-0.1, -0.05) is 30.3 Å². The molecule has 0 atom stereocenters. The molecule has 3 aromatic rings. The number of aromatic nitrogens is 4. The molecule has 0 fully saturated rings. The van der Waals surface area contributed by atoms with Crippen LogP contribution in [0, 0.1) is 0 Å². The lowest BCUT2D eigenvalue weighted by Crippen LogP contribution is -2.37. The molecule has 0 aliphatic heterocycles. The van der Waals surface area contributed by atoms with E-state index in [1.54, 1.807) is 30.3 Å². The van der Waals surface area contributed by atoms with Gasteiger partial charge in [0.05, 0.1) is 5.69 Å². The Balaban J connectivity index is 2.03. The molecule has 1 N–H and O–H groups in total. The van der Waals surface area contributed by atoms with Gasteiger partial charge in [0.2, 0.25) is 0 Å². The predicted molar refractivity (Wildman–Crippen MR) is 72.6 cm³/mol. The number of nitrogens with one attached hydrogen (secondary N) is 1. The molecule has 0 unspecified atom stereocenters. The summed E-state index contributed by atoms with van der Waals surface area (Å²) >= 11 is 0. The SMILES string of the molecule is O=S(=O)(NC(F)(F)F)c1nc2nc(-c3ccccc3)ccn2n1. The van der Waals surface area contributed by atoms with E-state index < -0.39 is 21.5 Å². The molecule has 7 nitrogen and oxygen atoms in total. The highest BCUT2D eigenvalue weighted by Crippen LogP contribution is 2.18. The molecule has 0 spiro atoms. The zero-order chi connectivity index (χ0) is 16.7. The van der Waals surface area contributed by atoms with E-state index in [9.17, 15) is 21.6 Å². The molecule has 120 valence electrons. The topological polar surface area (TPSA) is 89.2 Å². The molecule has 0 radical (unpaired) electrons. The molecule has 0 amide bonds. The lowest BCUT2D eigenvalue weighted by molar-refractivity contribution is -0.138. The molecule has 0 saturated heterocycles. The third-order valence-electron chi connectivity index (χ3n) is 2.75. The minimum absolute atomic E-state index is 0.131. The van der Waals surface area contributed by atoms with Crippen molar-refractivity contribution >= 4 is 15.8 Å². The summed E-state index contributed by atoms with van der Waals surface area (Å²) in [7, 11) is -4.92. The van der Waals surface area contributed by atoms with Crippen LogP contribution in [-0.2, 0) is 10.0 Å². The van der Waals surface area contributed by atoms with Gasteiger partial charge in [0.15, 0.2) is 0 Å². The minimum atomic E-state index is -5.11. The number of rotatable bonds is 3. The zero-order valence-electron chi connectivity index (χ0n) is 11.2. The monoisotopic (exact) mass is 343 g/mol. The third-order valence-corrected chi connectivity index (χ3v) is 3.90.